The van der Waals surface area contributed by atoms with Gasteiger partial charge in [-0.05, 0) is 50.9 Å². The van der Waals surface area contributed by atoms with Crippen LogP contribution < -0.4 is 10.1 Å². The molecule has 1 heterocycles. The van der Waals surface area contributed by atoms with Gasteiger partial charge in [-0.15, -0.1) is 0 Å². The molecule has 2 aliphatic carbocycles. The Kier molecular flexibility index (Phi) is 2.88. The Morgan fingerprint density at radius 3 is 2.78 bits per heavy atom. The number of nitrogens with zero attached hydrogens (tertiary/aromatic N) is 2. The average Bonchev–Trinajstić information content (AvgIpc) is 3.18. The maximum Gasteiger partial charge on any atom is 0.218 e. The van der Waals surface area contributed by atoms with E-state index in [0.29, 0.717) is 11.3 Å². The second-order valence-corrected chi connectivity index (χ2v) is 5.90. The number of nitrogens with one attached hydrogen (secondary N) is 1. The van der Waals surface area contributed by atoms with Gasteiger partial charge in [0, 0.05) is 12.6 Å². The van der Waals surface area contributed by atoms with Crippen molar-refractivity contribution in [2.45, 2.75) is 45.6 Å². The molecule has 1 aromatic rings. The topological polar surface area (TPSA) is 47.0 Å². The highest BCUT2D eigenvalue weighted by Gasteiger charge is 2.53. The molecule has 18 heavy (non-hydrogen) atoms. The molecule has 2 fully saturated rings. The fourth-order valence-electron chi connectivity index (χ4n) is 2.59. The summed E-state index contributed by atoms with van der Waals surface area (Å²) in [7, 11) is 0. The van der Waals surface area contributed by atoms with Crippen molar-refractivity contribution in [2.75, 3.05) is 11.9 Å². The Bertz CT molecular complexity index is 425. The first-order valence-corrected chi connectivity index (χ1v) is 6.90. The van der Waals surface area contributed by atoms with Crippen molar-refractivity contribution in [1.82, 2.24) is 9.97 Å². The van der Waals surface area contributed by atoms with Gasteiger partial charge in [0.2, 0.25) is 5.88 Å². The van der Waals surface area contributed by atoms with Gasteiger partial charge < -0.3 is 10.1 Å². The van der Waals surface area contributed by atoms with Gasteiger partial charge in [-0.25, -0.2) is 9.97 Å². The smallest absolute Gasteiger partial charge is 0.218 e. The zero-order valence-electron chi connectivity index (χ0n) is 11.1. The van der Waals surface area contributed by atoms with Gasteiger partial charge in [0.25, 0.3) is 0 Å². The molecule has 4 heteroatoms. The average molecular weight is 247 g/mol. The third-order valence-electron chi connectivity index (χ3n) is 3.96. The van der Waals surface area contributed by atoms with Crippen molar-refractivity contribution in [3.05, 3.63) is 12.4 Å². The van der Waals surface area contributed by atoms with E-state index in [4.69, 9.17) is 4.74 Å². The molecule has 2 saturated carbocycles. The summed E-state index contributed by atoms with van der Waals surface area (Å²) in [4.78, 5) is 8.37. The Hall–Kier alpha value is -1.32. The summed E-state index contributed by atoms with van der Waals surface area (Å²) in [6.45, 7) is 5.05. The highest BCUT2D eigenvalue weighted by atomic mass is 16.5. The van der Waals surface area contributed by atoms with Crippen molar-refractivity contribution < 1.29 is 4.74 Å². The molecule has 4 nitrogen and oxygen atoms in total. The highest BCUT2D eigenvalue weighted by Crippen LogP contribution is 2.61. The Morgan fingerprint density at radius 1 is 1.39 bits per heavy atom. The summed E-state index contributed by atoms with van der Waals surface area (Å²) in [5.41, 5.74) is 0.587. The predicted molar refractivity (Wildman–Crippen MR) is 70.7 cm³/mol. The van der Waals surface area contributed by atoms with E-state index in [1.165, 1.54) is 25.7 Å². The van der Waals surface area contributed by atoms with Crippen molar-refractivity contribution in [3.8, 4) is 5.88 Å². The van der Waals surface area contributed by atoms with E-state index in [2.05, 4.69) is 15.3 Å². The summed E-state index contributed by atoms with van der Waals surface area (Å²) in [5, 5.41) is 3.45. The molecule has 0 aliphatic heterocycles. The van der Waals surface area contributed by atoms with E-state index in [0.717, 1.165) is 18.3 Å². The van der Waals surface area contributed by atoms with Crippen LogP contribution in [0.4, 0.5) is 5.82 Å². The fourth-order valence-corrected chi connectivity index (χ4v) is 2.59. The third kappa shape index (κ3) is 2.57. The first-order valence-electron chi connectivity index (χ1n) is 6.90. The largest absolute Gasteiger partial charge is 0.475 e. The van der Waals surface area contributed by atoms with Crippen LogP contribution in [0.5, 0.6) is 5.88 Å². The maximum atomic E-state index is 5.57. The summed E-state index contributed by atoms with van der Waals surface area (Å²) in [6.07, 6.45) is 7.32. The van der Waals surface area contributed by atoms with Crippen LogP contribution in [0.1, 0.15) is 39.5 Å². The van der Waals surface area contributed by atoms with Crippen LogP contribution in [0, 0.1) is 11.3 Å². The van der Waals surface area contributed by atoms with E-state index in [1.807, 2.05) is 19.9 Å². The quantitative estimate of drug-likeness (QED) is 0.839. The minimum atomic E-state index is 0.147. The van der Waals surface area contributed by atoms with E-state index < -0.39 is 0 Å². The van der Waals surface area contributed by atoms with E-state index in [9.17, 15) is 0 Å². The summed E-state index contributed by atoms with van der Waals surface area (Å²) in [6, 6.07) is 1.89. The highest BCUT2D eigenvalue weighted by molar-refractivity contribution is 5.38. The SMILES string of the molecule is CC(C)Oc1cc(NCC2(C3CC3)CC2)ncn1. The van der Waals surface area contributed by atoms with E-state index in [1.54, 1.807) is 6.33 Å². The third-order valence-corrected chi connectivity index (χ3v) is 3.96. The normalized spacial score (nSPS) is 20.8. The van der Waals surface area contributed by atoms with Crippen LogP contribution in [-0.2, 0) is 0 Å². The molecule has 1 N–H and O–H groups in total. The molecule has 98 valence electrons. The zero-order valence-corrected chi connectivity index (χ0v) is 11.1. The lowest BCUT2D eigenvalue weighted by Crippen LogP contribution is -2.18. The lowest BCUT2D eigenvalue weighted by molar-refractivity contribution is 0.232. The Labute approximate surface area is 108 Å². The Balaban J connectivity index is 1.58. The second-order valence-electron chi connectivity index (χ2n) is 5.90. The van der Waals surface area contributed by atoms with Gasteiger partial charge >= 0.3 is 0 Å². The molecule has 0 spiro atoms. The van der Waals surface area contributed by atoms with Gasteiger partial charge in [-0.3, -0.25) is 0 Å². The molecular formula is C14H21N3O. The summed E-state index contributed by atoms with van der Waals surface area (Å²) < 4.78 is 5.57. The van der Waals surface area contributed by atoms with Crippen LogP contribution in [0.2, 0.25) is 0 Å². The van der Waals surface area contributed by atoms with Crippen LogP contribution in [0.15, 0.2) is 12.4 Å². The number of rotatable bonds is 6. The molecule has 0 amide bonds. The molecule has 0 bridgehead atoms. The molecule has 3 rings (SSSR count). The second kappa shape index (κ2) is 4.41. The van der Waals surface area contributed by atoms with Crippen molar-refractivity contribution in [2.24, 2.45) is 11.3 Å². The van der Waals surface area contributed by atoms with Gasteiger partial charge in [0.05, 0.1) is 6.10 Å². The number of hydrogen-bond donors (Lipinski definition) is 1. The molecular weight excluding hydrogens is 226 g/mol. The van der Waals surface area contributed by atoms with Crippen LogP contribution >= 0.6 is 0 Å². The first kappa shape index (κ1) is 11.8. The first-order chi connectivity index (χ1) is 8.68. The number of ether oxygens (including phenoxy) is 1. The lowest BCUT2D eigenvalue weighted by Gasteiger charge is -2.16. The van der Waals surface area contributed by atoms with E-state index in [-0.39, 0.29) is 6.10 Å². The van der Waals surface area contributed by atoms with Crippen molar-refractivity contribution >= 4 is 5.82 Å². The molecule has 0 saturated heterocycles. The van der Waals surface area contributed by atoms with Crippen LogP contribution in [0.3, 0.4) is 0 Å². The standard InChI is InChI=1S/C14H21N3O/c1-10(2)18-13-7-12(16-9-17-13)15-8-14(5-6-14)11-3-4-11/h7,9-11H,3-6,8H2,1-2H3,(H,15,16,17). The van der Waals surface area contributed by atoms with Crippen molar-refractivity contribution in [3.63, 3.8) is 0 Å². The lowest BCUT2D eigenvalue weighted by atomic mass is 10.0. The molecule has 1 aromatic heterocycles. The zero-order chi connectivity index (χ0) is 12.6. The monoisotopic (exact) mass is 247 g/mol. The number of anilines is 1. The minimum absolute atomic E-state index is 0.147. The number of hydrogen-bond acceptors (Lipinski definition) is 4. The molecule has 2 aliphatic rings. The number of aromatic nitrogens is 2. The van der Waals surface area contributed by atoms with Crippen molar-refractivity contribution in [1.29, 1.82) is 0 Å². The van der Waals surface area contributed by atoms with Gasteiger partial charge in [-0.1, -0.05) is 0 Å². The van der Waals surface area contributed by atoms with Crippen LogP contribution in [-0.4, -0.2) is 22.6 Å². The maximum absolute atomic E-state index is 5.57. The van der Waals surface area contributed by atoms with Crippen LogP contribution in [0.25, 0.3) is 0 Å². The summed E-state index contributed by atoms with van der Waals surface area (Å²) in [5.74, 6) is 2.50. The van der Waals surface area contributed by atoms with Gasteiger partial charge in [-0.2, -0.15) is 0 Å². The molecule has 0 atom stereocenters. The molecule has 0 unspecified atom stereocenters. The predicted octanol–water partition coefficient (Wildman–Crippen LogP) is 2.87. The van der Waals surface area contributed by atoms with Gasteiger partial charge in [0.1, 0.15) is 12.1 Å². The minimum Gasteiger partial charge on any atom is -0.475 e. The van der Waals surface area contributed by atoms with E-state index >= 15 is 0 Å². The Morgan fingerprint density at radius 2 is 2.17 bits per heavy atom. The summed E-state index contributed by atoms with van der Waals surface area (Å²) >= 11 is 0. The fraction of sp³-hybridized carbons (Fsp3) is 0.714. The molecule has 0 radical (unpaired) electrons. The molecule has 0 aromatic carbocycles. The van der Waals surface area contributed by atoms with Gasteiger partial charge in [0.15, 0.2) is 0 Å².